The monoisotopic (exact) mass is 376 g/mol. The normalized spacial score (nSPS) is 11.7. The quantitative estimate of drug-likeness (QED) is 0.668. The number of anilines is 1. The molecule has 1 unspecified atom stereocenters. The van der Waals surface area contributed by atoms with Gasteiger partial charge in [-0.1, -0.05) is 31.9 Å². The molecule has 1 rings (SSSR count). The van der Waals surface area contributed by atoms with E-state index >= 15 is 0 Å². The standard InChI is InChI=1S/C13H17IN2O3/c1-2-3-7-11(12(17)18)16-13(19)15-10-8-5-4-6-9(10)14/h4-6,8,11H,2-3,7H2,1H3,(H,17,18)(H2,15,16,19). The fraction of sp³-hybridized carbons (Fsp3) is 0.385. The predicted molar refractivity (Wildman–Crippen MR) is 82.3 cm³/mol. The molecular weight excluding hydrogens is 359 g/mol. The van der Waals surface area contributed by atoms with Gasteiger partial charge in [0.25, 0.3) is 0 Å². The molecule has 3 N–H and O–H groups in total. The number of halogens is 1. The number of urea groups is 1. The zero-order chi connectivity index (χ0) is 14.3. The smallest absolute Gasteiger partial charge is 0.326 e. The molecule has 1 aromatic rings. The van der Waals surface area contributed by atoms with Crippen LogP contribution >= 0.6 is 22.6 Å². The molecule has 19 heavy (non-hydrogen) atoms. The van der Waals surface area contributed by atoms with Crippen molar-refractivity contribution >= 4 is 40.3 Å². The van der Waals surface area contributed by atoms with Crippen LogP contribution in [0.2, 0.25) is 0 Å². The van der Waals surface area contributed by atoms with Crippen LogP contribution < -0.4 is 10.6 Å². The molecule has 0 aromatic heterocycles. The van der Waals surface area contributed by atoms with Crippen LogP contribution in [0, 0.1) is 3.57 Å². The number of hydrogen-bond donors (Lipinski definition) is 3. The number of nitrogens with one attached hydrogen (secondary N) is 2. The van der Waals surface area contributed by atoms with Gasteiger partial charge in [-0.25, -0.2) is 9.59 Å². The van der Waals surface area contributed by atoms with E-state index < -0.39 is 18.0 Å². The highest BCUT2D eigenvalue weighted by molar-refractivity contribution is 14.1. The zero-order valence-corrected chi connectivity index (χ0v) is 12.8. The summed E-state index contributed by atoms with van der Waals surface area (Å²) in [4.78, 5) is 22.8. The first-order chi connectivity index (χ1) is 9.04. The highest BCUT2D eigenvalue weighted by Crippen LogP contribution is 2.16. The van der Waals surface area contributed by atoms with Crippen molar-refractivity contribution < 1.29 is 14.7 Å². The number of carboxylic acid groups (broad SMARTS) is 1. The lowest BCUT2D eigenvalue weighted by atomic mass is 10.1. The van der Waals surface area contributed by atoms with Crippen molar-refractivity contribution in [3.8, 4) is 0 Å². The van der Waals surface area contributed by atoms with Crippen LogP contribution in [0.25, 0.3) is 0 Å². The molecule has 0 spiro atoms. The van der Waals surface area contributed by atoms with E-state index in [2.05, 4.69) is 33.2 Å². The summed E-state index contributed by atoms with van der Waals surface area (Å²) in [6.07, 6.45) is 2.09. The maximum atomic E-state index is 11.8. The first-order valence-corrected chi connectivity index (χ1v) is 7.17. The van der Waals surface area contributed by atoms with Crippen LogP contribution in [0.5, 0.6) is 0 Å². The topological polar surface area (TPSA) is 78.4 Å². The van der Waals surface area contributed by atoms with E-state index in [1.54, 1.807) is 6.07 Å². The van der Waals surface area contributed by atoms with Crippen molar-refractivity contribution in [2.45, 2.75) is 32.2 Å². The number of para-hydroxylation sites is 1. The number of carbonyl (C=O) groups is 2. The van der Waals surface area contributed by atoms with Gasteiger partial charge >= 0.3 is 12.0 Å². The average molecular weight is 376 g/mol. The molecule has 1 aromatic carbocycles. The van der Waals surface area contributed by atoms with Gasteiger partial charge in [0.15, 0.2) is 0 Å². The molecule has 2 amide bonds. The third kappa shape index (κ3) is 5.46. The molecule has 0 bridgehead atoms. The molecule has 0 saturated carbocycles. The largest absolute Gasteiger partial charge is 0.480 e. The molecule has 104 valence electrons. The zero-order valence-electron chi connectivity index (χ0n) is 10.6. The first-order valence-electron chi connectivity index (χ1n) is 6.09. The summed E-state index contributed by atoms with van der Waals surface area (Å²) in [5, 5.41) is 14.2. The number of hydrogen-bond acceptors (Lipinski definition) is 2. The lowest BCUT2D eigenvalue weighted by Gasteiger charge is -2.15. The summed E-state index contributed by atoms with van der Waals surface area (Å²) >= 11 is 2.10. The van der Waals surface area contributed by atoms with Gasteiger partial charge in [-0.2, -0.15) is 0 Å². The Labute approximate surface area is 125 Å². The number of rotatable bonds is 6. The van der Waals surface area contributed by atoms with Gasteiger partial charge in [-0.3, -0.25) is 0 Å². The minimum Gasteiger partial charge on any atom is -0.480 e. The number of carboxylic acids is 1. The Morgan fingerprint density at radius 3 is 2.63 bits per heavy atom. The van der Waals surface area contributed by atoms with Crippen LogP contribution in [0.15, 0.2) is 24.3 Å². The number of unbranched alkanes of at least 4 members (excludes halogenated alkanes) is 1. The molecule has 0 aliphatic carbocycles. The molecule has 6 heteroatoms. The fourth-order valence-corrected chi connectivity index (χ4v) is 2.07. The maximum absolute atomic E-state index is 11.8. The van der Waals surface area contributed by atoms with Crippen molar-refractivity contribution in [3.05, 3.63) is 27.8 Å². The highest BCUT2D eigenvalue weighted by Gasteiger charge is 2.19. The second-order valence-corrected chi connectivity index (χ2v) is 5.27. The van der Waals surface area contributed by atoms with E-state index in [9.17, 15) is 9.59 Å². The summed E-state index contributed by atoms with van der Waals surface area (Å²) in [7, 11) is 0. The van der Waals surface area contributed by atoms with E-state index in [1.807, 2.05) is 25.1 Å². The molecule has 0 aliphatic rings. The third-order valence-electron chi connectivity index (χ3n) is 2.57. The minimum absolute atomic E-state index is 0.436. The third-order valence-corrected chi connectivity index (χ3v) is 3.51. The summed E-state index contributed by atoms with van der Waals surface area (Å²) in [6, 6.07) is 5.97. The Bertz CT molecular complexity index is 451. The van der Waals surface area contributed by atoms with Gasteiger partial charge in [-0.05, 0) is 41.1 Å². The number of benzene rings is 1. The molecule has 0 heterocycles. The van der Waals surface area contributed by atoms with E-state index in [0.29, 0.717) is 12.1 Å². The Hall–Kier alpha value is -1.31. The van der Waals surface area contributed by atoms with Gasteiger partial charge < -0.3 is 15.7 Å². The lowest BCUT2D eigenvalue weighted by Crippen LogP contribution is -2.43. The molecule has 0 aliphatic heterocycles. The Morgan fingerprint density at radius 2 is 2.05 bits per heavy atom. The van der Waals surface area contributed by atoms with E-state index in [-0.39, 0.29) is 0 Å². The maximum Gasteiger partial charge on any atom is 0.326 e. The van der Waals surface area contributed by atoms with Crippen molar-refractivity contribution in [2.75, 3.05) is 5.32 Å². The lowest BCUT2D eigenvalue weighted by molar-refractivity contribution is -0.139. The highest BCUT2D eigenvalue weighted by atomic mass is 127. The van der Waals surface area contributed by atoms with E-state index in [4.69, 9.17) is 5.11 Å². The summed E-state index contributed by atoms with van der Waals surface area (Å²) in [6.45, 7) is 1.98. The van der Waals surface area contributed by atoms with Crippen LogP contribution in [0.3, 0.4) is 0 Å². The molecule has 0 radical (unpaired) electrons. The van der Waals surface area contributed by atoms with Crippen molar-refractivity contribution in [3.63, 3.8) is 0 Å². The Balaban J connectivity index is 2.58. The molecular formula is C13H17IN2O3. The number of amides is 2. The number of carbonyl (C=O) groups excluding carboxylic acids is 1. The van der Waals surface area contributed by atoms with Crippen LogP contribution in [-0.2, 0) is 4.79 Å². The van der Waals surface area contributed by atoms with Gasteiger partial charge in [0.1, 0.15) is 6.04 Å². The predicted octanol–water partition coefficient (Wildman–Crippen LogP) is 3.06. The second-order valence-electron chi connectivity index (χ2n) is 4.11. The molecule has 0 saturated heterocycles. The summed E-state index contributed by atoms with van der Waals surface area (Å²) in [5.74, 6) is -1.01. The van der Waals surface area contributed by atoms with Gasteiger partial charge in [-0.15, -0.1) is 0 Å². The van der Waals surface area contributed by atoms with Crippen LogP contribution in [0.4, 0.5) is 10.5 Å². The minimum atomic E-state index is -1.01. The van der Waals surface area contributed by atoms with Gasteiger partial charge in [0.05, 0.1) is 5.69 Å². The van der Waals surface area contributed by atoms with E-state index in [1.165, 1.54) is 0 Å². The van der Waals surface area contributed by atoms with Gasteiger partial charge in [0.2, 0.25) is 0 Å². The molecule has 5 nitrogen and oxygen atoms in total. The number of aliphatic carboxylic acids is 1. The SMILES string of the molecule is CCCCC(NC(=O)Nc1ccccc1I)C(=O)O. The Kier molecular flexibility index (Phi) is 6.61. The first kappa shape index (κ1) is 15.7. The van der Waals surface area contributed by atoms with E-state index in [0.717, 1.165) is 16.4 Å². The molecule has 0 fully saturated rings. The van der Waals surface area contributed by atoms with Crippen molar-refractivity contribution in [1.29, 1.82) is 0 Å². The summed E-state index contributed by atoms with van der Waals surface area (Å²) < 4.78 is 0.899. The van der Waals surface area contributed by atoms with Crippen LogP contribution in [-0.4, -0.2) is 23.1 Å². The molecule has 1 atom stereocenters. The van der Waals surface area contributed by atoms with Gasteiger partial charge in [0, 0.05) is 3.57 Å². The van der Waals surface area contributed by atoms with Crippen molar-refractivity contribution in [1.82, 2.24) is 5.32 Å². The average Bonchev–Trinajstić information content (AvgIpc) is 2.37. The van der Waals surface area contributed by atoms with Crippen LogP contribution in [0.1, 0.15) is 26.2 Å². The summed E-state index contributed by atoms with van der Waals surface area (Å²) in [5.41, 5.74) is 0.667. The van der Waals surface area contributed by atoms with Crippen molar-refractivity contribution in [2.24, 2.45) is 0 Å². The second kappa shape index (κ2) is 7.98. The fourth-order valence-electron chi connectivity index (χ4n) is 1.54. The Morgan fingerprint density at radius 1 is 1.37 bits per heavy atom.